The van der Waals surface area contributed by atoms with E-state index in [1.165, 1.54) is 12.3 Å². The molecule has 20 heteroatoms. The summed E-state index contributed by atoms with van der Waals surface area (Å²) < 4.78 is 16.8. The molecule has 6 heterocycles. The van der Waals surface area contributed by atoms with E-state index in [0.717, 1.165) is 26.1 Å². The fraction of sp³-hybridized carbons (Fsp3) is 0.400. The number of carbonyl (C=O) groups excluding carboxylic acids is 4. The molecule has 20 nitrogen and oxygen atoms in total. The summed E-state index contributed by atoms with van der Waals surface area (Å²) >= 11 is 0. The summed E-state index contributed by atoms with van der Waals surface area (Å²) in [6.45, 7) is 13.2. The number of hydrogen-bond acceptors (Lipinski definition) is 13. The first kappa shape index (κ1) is 41.4. The van der Waals surface area contributed by atoms with Crippen molar-refractivity contribution in [1.29, 1.82) is 0 Å². The van der Waals surface area contributed by atoms with E-state index in [0.29, 0.717) is 84.0 Å². The molecule has 2 aliphatic heterocycles. The molecule has 316 valence electrons. The molecule has 60 heavy (non-hydrogen) atoms. The Kier molecular flexibility index (Phi) is 12.4. The summed E-state index contributed by atoms with van der Waals surface area (Å²) in [5.41, 5.74) is 15.8. The average molecular weight is 823 g/mol. The standard InChI is InChI=1S/C40H50N14O6/c1-5-53-30(18-24(3)48-53)37(57)46-39-44-28-20-26(34(41)55)22-32(60-15-9-10-50-13-16-59-17-14-50)33(28)51(39)11-7-8-12-52-36-29(21-27(23-43-36)35(42)56)45-40(52)47-38(58)31-19-25(4)49-54(31)6-2/h7-8,18-23,39,44H,5-6,9-17H2,1-4H3,(H2,41,55)(H2,42,56)(H,46,57)(H,45,47,58)/b8-7+. The number of nitrogens with one attached hydrogen (secondary N) is 3. The first-order valence-corrected chi connectivity index (χ1v) is 19.9. The van der Waals surface area contributed by atoms with Gasteiger partial charge in [0, 0.05) is 57.6 Å². The molecule has 1 atom stereocenters. The van der Waals surface area contributed by atoms with Crippen LogP contribution in [-0.2, 0) is 24.4 Å². The summed E-state index contributed by atoms with van der Waals surface area (Å²) in [7, 11) is 0. The summed E-state index contributed by atoms with van der Waals surface area (Å²) in [5.74, 6) is -1.43. The third kappa shape index (κ3) is 8.93. The summed E-state index contributed by atoms with van der Waals surface area (Å²) in [4.78, 5) is 65.2. The Morgan fingerprint density at radius 2 is 1.57 bits per heavy atom. The van der Waals surface area contributed by atoms with E-state index in [4.69, 9.17) is 20.9 Å². The van der Waals surface area contributed by atoms with E-state index < -0.39 is 24.0 Å². The van der Waals surface area contributed by atoms with Crippen molar-refractivity contribution in [2.45, 2.75) is 60.0 Å². The van der Waals surface area contributed by atoms with Crippen molar-refractivity contribution >= 4 is 52.1 Å². The Hall–Kier alpha value is -6.80. The number of aryl methyl sites for hydroxylation is 4. The minimum Gasteiger partial charge on any atom is -0.491 e. The largest absolute Gasteiger partial charge is 0.491 e. The van der Waals surface area contributed by atoms with Gasteiger partial charge in [-0.05, 0) is 64.4 Å². The number of benzene rings is 1. The molecule has 2 aliphatic rings. The summed E-state index contributed by atoms with van der Waals surface area (Å²) in [6, 6.07) is 8.21. The molecule has 0 saturated carbocycles. The molecule has 0 bridgehead atoms. The van der Waals surface area contributed by atoms with Crippen molar-refractivity contribution in [3.63, 3.8) is 0 Å². The highest BCUT2D eigenvalue weighted by molar-refractivity contribution is 6.03. The van der Waals surface area contributed by atoms with Gasteiger partial charge in [-0.3, -0.25) is 43.3 Å². The lowest BCUT2D eigenvalue weighted by Crippen LogP contribution is -2.50. The molecule has 4 amide bonds. The number of carbonyl (C=O) groups is 4. The predicted octanol–water partition coefficient (Wildman–Crippen LogP) is 2.23. The quantitative estimate of drug-likeness (QED) is 0.0668. The Morgan fingerprint density at radius 3 is 2.23 bits per heavy atom. The van der Waals surface area contributed by atoms with Gasteiger partial charge >= 0.3 is 0 Å². The number of ether oxygens (including phenoxy) is 2. The highest BCUT2D eigenvalue weighted by Gasteiger charge is 2.34. The fourth-order valence-electron chi connectivity index (χ4n) is 7.31. The van der Waals surface area contributed by atoms with Gasteiger partial charge in [-0.25, -0.2) is 9.97 Å². The zero-order valence-corrected chi connectivity index (χ0v) is 34.1. The van der Waals surface area contributed by atoms with E-state index >= 15 is 0 Å². The number of nitrogens with two attached hydrogens (primary N) is 2. The molecule has 0 spiro atoms. The van der Waals surface area contributed by atoms with Gasteiger partial charge in [-0.1, -0.05) is 12.2 Å². The molecule has 7 N–H and O–H groups in total. The number of anilines is 3. The SMILES string of the molecule is CCn1nc(C)cc1C(=O)Nc1nc2cc(C(N)=O)cnc2n1C/C=C/CN1c2c(cc(C(N)=O)cc2OCCCN2CCOCC2)NC1NC(=O)c1cc(C)nn1CC. The van der Waals surface area contributed by atoms with Crippen LogP contribution in [0.25, 0.3) is 11.2 Å². The van der Waals surface area contributed by atoms with Crippen LogP contribution in [0, 0.1) is 13.8 Å². The van der Waals surface area contributed by atoms with Crippen molar-refractivity contribution in [1.82, 2.24) is 44.3 Å². The molecule has 5 aromatic rings. The molecule has 0 aliphatic carbocycles. The number of primary amides is 2. The van der Waals surface area contributed by atoms with Gasteiger partial charge in [0.15, 0.2) is 11.9 Å². The summed E-state index contributed by atoms with van der Waals surface area (Å²) in [5, 5.41) is 18.2. The maximum Gasteiger partial charge on any atom is 0.276 e. The fourth-order valence-corrected chi connectivity index (χ4v) is 7.31. The zero-order chi connectivity index (χ0) is 42.5. The lowest BCUT2D eigenvalue weighted by molar-refractivity contribution is 0.0358. The number of rotatable bonds is 17. The topological polar surface area (TPSA) is 248 Å². The van der Waals surface area contributed by atoms with Crippen LogP contribution in [0.15, 0.2) is 48.7 Å². The van der Waals surface area contributed by atoms with Crippen LogP contribution in [-0.4, -0.2) is 115 Å². The number of allylic oxidation sites excluding steroid dienone is 1. The van der Waals surface area contributed by atoms with Crippen molar-refractivity contribution in [2.75, 3.05) is 61.5 Å². The number of nitrogens with zero attached hydrogens (tertiary/aromatic N) is 9. The molecular weight excluding hydrogens is 773 g/mol. The number of hydrogen-bond donors (Lipinski definition) is 5. The van der Waals surface area contributed by atoms with Crippen LogP contribution in [0.5, 0.6) is 5.75 Å². The second kappa shape index (κ2) is 18.0. The lowest BCUT2D eigenvalue weighted by atomic mass is 10.1. The van der Waals surface area contributed by atoms with Crippen molar-refractivity contribution in [3.05, 3.63) is 82.6 Å². The van der Waals surface area contributed by atoms with Gasteiger partial charge in [-0.15, -0.1) is 0 Å². The smallest absolute Gasteiger partial charge is 0.276 e. The first-order chi connectivity index (χ1) is 28.9. The minimum atomic E-state index is -0.777. The van der Waals surface area contributed by atoms with Gasteiger partial charge in [0.1, 0.15) is 28.3 Å². The van der Waals surface area contributed by atoms with E-state index in [1.54, 1.807) is 38.2 Å². The Labute approximate surface area is 345 Å². The monoisotopic (exact) mass is 822 g/mol. The molecule has 1 fully saturated rings. The van der Waals surface area contributed by atoms with E-state index in [2.05, 4.69) is 41.0 Å². The van der Waals surface area contributed by atoms with Crippen LogP contribution < -0.4 is 37.1 Å². The van der Waals surface area contributed by atoms with E-state index in [9.17, 15) is 19.2 Å². The van der Waals surface area contributed by atoms with Crippen LogP contribution in [0.2, 0.25) is 0 Å². The maximum absolute atomic E-state index is 13.8. The Balaban J connectivity index is 1.18. The second-order valence-electron chi connectivity index (χ2n) is 14.4. The molecule has 0 radical (unpaired) electrons. The number of aromatic nitrogens is 7. The number of fused-ring (bicyclic) bond motifs is 2. The average Bonchev–Trinajstić information content (AvgIpc) is 4.00. The number of pyridine rings is 1. The first-order valence-electron chi connectivity index (χ1n) is 19.9. The maximum atomic E-state index is 13.8. The third-order valence-corrected chi connectivity index (χ3v) is 10.2. The van der Waals surface area contributed by atoms with Gasteiger partial charge in [0.25, 0.3) is 11.8 Å². The van der Waals surface area contributed by atoms with Crippen molar-refractivity contribution < 1.29 is 28.7 Å². The lowest BCUT2D eigenvalue weighted by Gasteiger charge is -2.28. The third-order valence-electron chi connectivity index (χ3n) is 10.2. The van der Waals surface area contributed by atoms with Gasteiger partial charge in [0.05, 0.1) is 42.5 Å². The van der Waals surface area contributed by atoms with Gasteiger partial charge < -0.3 is 36.5 Å². The zero-order valence-electron chi connectivity index (χ0n) is 34.1. The molecule has 1 aromatic carbocycles. The minimum absolute atomic E-state index is 0.171. The van der Waals surface area contributed by atoms with Gasteiger partial charge in [0.2, 0.25) is 17.8 Å². The van der Waals surface area contributed by atoms with Crippen LogP contribution in [0.1, 0.15) is 73.3 Å². The predicted molar refractivity (Wildman–Crippen MR) is 223 cm³/mol. The van der Waals surface area contributed by atoms with Crippen LogP contribution in [0.3, 0.4) is 0 Å². The molecule has 7 rings (SSSR count). The summed E-state index contributed by atoms with van der Waals surface area (Å²) in [6.07, 6.45) is 5.08. The van der Waals surface area contributed by atoms with Gasteiger partial charge in [-0.2, -0.15) is 10.2 Å². The van der Waals surface area contributed by atoms with Crippen LogP contribution >= 0.6 is 0 Å². The Morgan fingerprint density at radius 1 is 0.900 bits per heavy atom. The van der Waals surface area contributed by atoms with Crippen molar-refractivity contribution in [3.8, 4) is 5.75 Å². The number of morpholine rings is 1. The van der Waals surface area contributed by atoms with E-state index in [-0.39, 0.29) is 36.1 Å². The Bertz CT molecular complexity index is 2450. The van der Waals surface area contributed by atoms with Crippen LogP contribution in [0.4, 0.5) is 17.3 Å². The molecular formula is C40H50N14O6. The van der Waals surface area contributed by atoms with Crippen molar-refractivity contribution in [2.24, 2.45) is 11.5 Å². The molecule has 1 unspecified atom stereocenters. The molecule has 4 aromatic heterocycles. The normalized spacial score (nSPS) is 15.3. The highest BCUT2D eigenvalue weighted by atomic mass is 16.5. The number of amides is 4. The van der Waals surface area contributed by atoms with E-state index in [1.807, 2.05) is 44.7 Å². The highest BCUT2D eigenvalue weighted by Crippen LogP contribution is 2.43. The molecule has 1 saturated heterocycles. The second-order valence-corrected chi connectivity index (χ2v) is 14.4. The number of imidazole rings is 1.